The minimum absolute atomic E-state index is 0.219. The van der Waals surface area contributed by atoms with E-state index in [0.717, 1.165) is 37.6 Å². The van der Waals surface area contributed by atoms with E-state index in [4.69, 9.17) is 4.74 Å². The third-order valence-electron chi connectivity index (χ3n) is 5.63. The van der Waals surface area contributed by atoms with E-state index in [0.29, 0.717) is 18.9 Å². The smallest absolute Gasteiger partial charge is 0.224 e. The first-order chi connectivity index (χ1) is 14.0. The number of benzene rings is 2. The Morgan fingerprint density at radius 3 is 2.48 bits per heavy atom. The molecule has 0 radical (unpaired) electrons. The Hall–Kier alpha value is -2.69. The van der Waals surface area contributed by atoms with Gasteiger partial charge in [0.15, 0.2) is 0 Å². The maximum Gasteiger partial charge on any atom is 0.224 e. The molecule has 2 aromatic carbocycles. The molecule has 0 bridgehead atoms. The molecule has 0 saturated carbocycles. The van der Waals surface area contributed by atoms with Crippen LogP contribution in [0.15, 0.2) is 42.5 Å². The van der Waals surface area contributed by atoms with E-state index in [1.165, 1.54) is 16.8 Å². The van der Waals surface area contributed by atoms with Crippen LogP contribution in [-0.2, 0) is 4.79 Å². The molecule has 1 heterocycles. The number of anilines is 2. The van der Waals surface area contributed by atoms with Gasteiger partial charge in [0.05, 0.1) is 12.8 Å². The summed E-state index contributed by atoms with van der Waals surface area (Å²) in [4.78, 5) is 17.0. The number of hydrogen-bond acceptors (Lipinski definition) is 4. The van der Waals surface area contributed by atoms with Crippen molar-refractivity contribution >= 4 is 17.3 Å². The molecule has 5 heteroatoms. The number of nitrogens with zero attached hydrogens (tertiary/aromatic N) is 2. The van der Waals surface area contributed by atoms with Gasteiger partial charge in [0.1, 0.15) is 5.75 Å². The van der Waals surface area contributed by atoms with Crippen LogP contribution in [0.3, 0.4) is 0 Å². The van der Waals surface area contributed by atoms with Crippen molar-refractivity contribution in [2.45, 2.75) is 33.1 Å². The SMILES string of the molecule is COc1ccccc1N1CCN(C(=O)CCNc2c(C)cccc2C(C)C)CC1. The van der Waals surface area contributed by atoms with Crippen LogP contribution in [0.1, 0.15) is 37.3 Å². The number of carbonyl (C=O) groups excluding carboxylic acids is 1. The van der Waals surface area contributed by atoms with Crippen LogP contribution in [0.4, 0.5) is 11.4 Å². The summed E-state index contributed by atoms with van der Waals surface area (Å²) in [5.74, 6) is 1.56. The molecule has 0 unspecified atom stereocenters. The second-order valence-corrected chi connectivity index (χ2v) is 7.91. The average molecular weight is 396 g/mol. The third-order valence-corrected chi connectivity index (χ3v) is 5.63. The van der Waals surface area contributed by atoms with Gasteiger partial charge < -0.3 is 19.9 Å². The molecule has 1 amide bonds. The molecular formula is C24H33N3O2. The zero-order chi connectivity index (χ0) is 20.8. The Kier molecular flexibility index (Phi) is 7.02. The van der Waals surface area contributed by atoms with Crippen LogP contribution in [0.5, 0.6) is 5.75 Å². The predicted molar refractivity (Wildman–Crippen MR) is 120 cm³/mol. The van der Waals surface area contributed by atoms with Gasteiger partial charge in [-0.15, -0.1) is 0 Å². The number of hydrogen-bond donors (Lipinski definition) is 1. The molecule has 2 aromatic rings. The van der Waals surface area contributed by atoms with Crippen molar-refractivity contribution in [3.63, 3.8) is 0 Å². The lowest BCUT2D eigenvalue weighted by atomic mass is 9.98. The van der Waals surface area contributed by atoms with Crippen molar-refractivity contribution in [2.24, 2.45) is 0 Å². The molecule has 1 N–H and O–H groups in total. The molecule has 1 aliphatic rings. The number of aryl methyl sites for hydroxylation is 1. The minimum atomic E-state index is 0.219. The largest absolute Gasteiger partial charge is 0.495 e. The first-order valence-electron chi connectivity index (χ1n) is 10.5. The number of amides is 1. The third kappa shape index (κ3) is 5.03. The molecule has 0 spiro atoms. The summed E-state index contributed by atoms with van der Waals surface area (Å²) >= 11 is 0. The molecule has 1 fully saturated rings. The summed E-state index contributed by atoms with van der Waals surface area (Å²) in [6, 6.07) is 14.4. The van der Waals surface area contributed by atoms with Crippen LogP contribution in [0.2, 0.25) is 0 Å². The van der Waals surface area contributed by atoms with Gasteiger partial charge in [-0.05, 0) is 36.1 Å². The average Bonchev–Trinajstić information content (AvgIpc) is 2.74. The standard InChI is InChI=1S/C24H33N3O2/c1-18(2)20-9-7-8-19(3)24(20)25-13-12-23(28)27-16-14-26(15-17-27)21-10-5-6-11-22(21)29-4/h5-11,18,25H,12-17H2,1-4H3. The Bertz CT molecular complexity index is 827. The molecular weight excluding hydrogens is 362 g/mol. The summed E-state index contributed by atoms with van der Waals surface area (Å²) in [7, 11) is 1.70. The molecule has 3 rings (SSSR count). The maximum absolute atomic E-state index is 12.7. The molecule has 29 heavy (non-hydrogen) atoms. The molecule has 0 aromatic heterocycles. The number of ether oxygens (including phenoxy) is 1. The summed E-state index contributed by atoms with van der Waals surface area (Å²) in [5.41, 5.74) is 4.82. The van der Waals surface area contributed by atoms with E-state index >= 15 is 0 Å². The lowest BCUT2D eigenvalue weighted by molar-refractivity contribution is -0.131. The normalized spacial score (nSPS) is 14.2. The molecule has 156 valence electrons. The lowest BCUT2D eigenvalue weighted by Crippen LogP contribution is -2.49. The summed E-state index contributed by atoms with van der Waals surface area (Å²) in [5, 5.41) is 3.51. The second kappa shape index (κ2) is 9.68. The van der Waals surface area contributed by atoms with Crippen LogP contribution < -0.4 is 15.0 Å². The molecule has 1 aliphatic heterocycles. The van der Waals surface area contributed by atoms with E-state index in [-0.39, 0.29) is 5.91 Å². The van der Waals surface area contributed by atoms with Crippen molar-refractivity contribution in [3.8, 4) is 5.75 Å². The zero-order valence-electron chi connectivity index (χ0n) is 18.1. The zero-order valence-corrected chi connectivity index (χ0v) is 18.1. The Balaban J connectivity index is 1.51. The van der Waals surface area contributed by atoms with Gasteiger partial charge in [0, 0.05) is 44.8 Å². The minimum Gasteiger partial charge on any atom is -0.495 e. The number of methoxy groups -OCH3 is 1. The molecule has 5 nitrogen and oxygen atoms in total. The van der Waals surface area contributed by atoms with E-state index < -0.39 is 0 Å². The van der Waals surface area contributed by atoms with Crippen molar-refractivity contribution in [2.75, 3.05) is 50.1 Å². The molecule has 1 saturated heterocycles. The predicted octanol–water partition coefficient (Wildman–Crippen LogP) is 4.28. The first-order valence-corrected chi connectivity index (χ1v) is 10.5. The molecule has 0 atom stereocenters. The number of carbonyl (C=O) groups is 1. The van der Waals surface area contributed by atoms with Gasteiger partial charge in [-0.2, -0.15) is 0 Å². The van der Waals surface area contributed by atoms with Crippen molar-refractivity contribution < 1.29 is 9.53 Å². The quantitative estimate of drug-likeness (QED) is 0.760. The van der Waals surface area contributed by atoms with Crippen molar-refractivity contribution in [1.82, 2.24) is 4.90 Å². The Morgan fingerprint density at radius 1 is 1.07 bits per heavy atom. The number of nitrogens with one attached hydrogen (secondary N) is 1. The Labute approximate surface area is 174 Å². The van der Waals surface area contributed by atoms with Crippen LogP contribution in [0.25, 0.3) is 0 Å². The van der Waals surface area contributed by atoms with Crippen molar-refractivity contribution in [3.05, 3.63) is 53.6 Å². The highest BCUT2D eigenvalue weighted by Crippen LogP contribution is 2.29. The second-order valence-electron chi connectivity index (χ2n) is 7.91. The number of rotatable bonds is 7. The van der Waals surface area contributed by atoms with Crippen molar-refractivity contribution in [1.29, 1.82) is 0 Å². The van der Waals surface area contributed by atoms with Gasteiger partial charge in [-0.1, -0.05) is 44.2 Å². The lowest BCUT2D eigenvalue weighted by Gasteiger charge is -2.36. The van der Waals surface area contributed by atoms with E-state index in [9.17, 15) is 4.79 Å². The van der Waals surface area contributed by atoms with Gasteiger partial charge >= 0.3 is 0 Å². The monoisotopic (exact) mass is 395 g/mol. The van der Waals surface area contributed by atoms with Crippen LogP contribution in [-0.4, -0.2) is 50.6 Å². The van der Waals surface area contributed by atoms with E-state index in [1.54, 1.807) is 7.11 Å². The highest BCUT2D eigenvalue weighted by atomic mass is 16.5. The highest BCUT2D eigenvalue weighted by Gasteiger charge is 2.22. The summed E-state index contributed by atoms with van der Waals surface area (Å²) in [6.45, 7) is 10.3. The van der Waals surface area contributed by atoms with Crippen LogP contribution in [0, 0.1) is 6.92 Å². The fourth-order valence-electron chi connectivity index (χ4n) is 3.95. The van der Waals surface area contributed by atoms with Gasteiger partial charge in [0.25, 0.3) is 0 Å². The summed E-state index contributed by atoms with van der Waals surface area (Å²) in [6.07, 6.45) is 0.514. The topological polar surface area (TPSA) is 44.8 Å². The highest BCUT2D eigenvalue weighted by molar-refractivity contribution is 5.77. The van der Waals surface area contributed by atoms with Gasteiger partial charge in [-0.3, -0.25) is 4.79 Å². The first kappa shape index (κ1) is 21.0. The maximum atomic E-state index is 12.7. The van der Waals surface area contributed by atoms with Gasteiger partial charge in [-0.25, -0.2) is 0 Å². The van der Waals surface area contributed by atoms with E-state index in [1.807, 2.05) is 23.1 Å². The summed E-state index contributed by atoms with van der Waals surface area (Å²) < 4.78 is 5.47. The van der Waals surface area contributed by atoms with Crippen LogP contribution >= 0.6 is 0 Å². The number of piperazine rings is 1. The Morgan fingerprint density at radius 2 is 1.79 bits per heavy atom. The molecule has 0 aliphatic carbocycles. The van der Waals surface area contributed by atoms with Gasteiger partial charge in [0.2, 0.25) is 5.91 Å². The fraction of sp³-hybridized carbons (Fsp3) is 0.458. The van der Waals surface area contributed by atoms with E-state index in [2.05, 4.69) is 55.3 Å². The fourth-order valence-corrected chi connectivity index (χ4v) is 3.95. The number of para-hydroxylation sites is 3.